The topological polar surface area (TPSA) is 18.5 Å². The lowest BCUT2D eigenvalue weighted by atomic mass is 10.0. The summed E-state index contributed by atoms with van der Waals surface area (Å²) in [6, 6.07) is 22.1. The van der Waals surface area contributed by atoms with Crippen molar-refractivity contribution in [3.8, 4) is 22.6 Å². The second-order valence-electron chi connectivity index (χ2n) is 4.88. The Hall–Kier alpha value is -2.38. The van der Waals surface area contributed by atoms with E-state index >= 15 is 0 Å². The van der Waals surface area contributed by atoms with Crippen molar-refractivity contribution in [3.05, 3.63) is 78.6 Å². The molecule has 1 atom stereocenters. The van der Waals surface area contributed by atoms with E-state index in [-0.39, 0.29) is 11.6 Å². The van der Waals surface area contributed by atoms with Crippen LogP contribution in [0, 0.1) is 5.82 Å². The SMILES string of the molecule is Fc1ccccc1OP1Oc2ccccc2-c2ccccc21. The van der Waals surface area contributed by atoms with Gasteiger partial charge in [-0.3, -0.25) is 0 Å². The predicted molar refractivity (Wildman–Crippen MR) is 86.1 cm³/mol. The van der Waals surface area contributed by atoms with Crippen LogP contribution in [0.5, 0.6) is 11.5 Å². The van der Waals surface area contributed by atoms with Crippen molar-refractivity contribution < 1.29 is 13.4 Å². The highest BCUT2D eigenvalue weighted by atomic mass is 31.2. The lowest BCUT2D eigenvalue weighted by molar-refractivity contribution is 0.471. The van der Waals surface area contributed by atoms with Gasteiger partial charge in [-0.1, -0.05) is 48.5 Å². The Morgan fingerprint density at radius 1 is 0.773 bits per heavy atom. The molecule has 1 heterocycles. The van der Waals surface area contributed by atoms with Gasteiger partial charge in [0.2, 0.25) is 0 Å². The lowest BCUT2D eigenvalue weighted by Gasteiger charge is -2.27. The number of halogens is 1. The predicted octanol–water partition coefficient (Wildman–Crippen LogP) is 4.90. The average Bonchev–Trinajstić information content (AvgIpc) is 2.57. The Bertz CT molecular complexity index is 835. The van der Waals surface area contributed by atoms with Gasteiger partial charge in [-0.2, -0.15) is 0 Å². The van der Waals surface area contributed by atoms with Gasteiger partial charge in [-0.05, 0) is 29.8 Å². The molecule has 0 radical (unpaired) electrons. The monoisotopic (exact) mass is 310 g/mol. The summed E-state index contributed by atoms with van der Waals surface area (Å²) in [4.78, 5) is 0. The van der Waals surface area contributed by atoms with E-state index < -0.39 is 8.38 Å². The van der Waals surface area contributed by atoms with Crippen molar-refractivity contribution in [1.29, 1.82) is 0 Å². The first-order valence-electron chi connectivity index (χ1n) is 6.92. The van der Waals surface area contributed by atoms with Crippen molar-refractivity contribution in [1.82, 2.24) is 0 Å². The molecule has 4 heteroatoms. The van der Waals surface area contributed by atoms with E-state index in [1.54, 1.807) is 18.2 Å². The quantitative estimate of drug-likeness (QED) is 0.627. The Kier molecular flexibility index (Phi) is 3.28. The maximum atomic E-state index is 13.8. The Balaban J connectivity index is 1.78. The summed E-state index contributed by atoms with van der Waals surface area (Å²) in [6.45, 7) is 0. The molecule has 0 aliphatic carbocycles. The molecule has 0 saturated heterocycles. The standard InChI is InChI=1S/C18H12FO2P/c19-15-9-3-5-11-17(15)21-22-18-12-6-2-8-14(18)13-7-1-4-10-16(13)20-22/h1-12H. The number of rotatable bonds is 2. The van der Waals surface area contributed by atoms with Gasteiger partial charge < -0.3 is 9.05 Å². The van der Waals surface area contributed by atoms with E-state index in [0.717, 1.165) is 22.2 Å². The second kappa shape index (κ2) is 5.43. The van der Waals surface area contributed by atoms with Gasteiger partial charge in [0.05, 0.1) is 5.30 Å². The molecule has 0 amide bonds. The van der Waals surface area contributed by atoms with E-state index in [1.807, 2.05) is 48.5 Å². The highest BCUT2D eigenvalue weighted by molar-refractivity contribution is 7.57. The molecule has 3 aromatic rings. The largest absolute Gasteiger partial charge is 0.435 e. The molecule has 22 heavy (non-hydrogen) atoms. The number of benzene rings is 3. The number of hydrogen-bond donors (Lipinski definition) is 0. The van der Waals surface area contributed by atoms with E-state index in [1.165, 1.54) is 6.07 Å². The van der Waals surface area contributed by atoms with Crippen LogP contribution in [-0.2, 0) is 0 Å². The summed E-state index contributed by atoms with van der Waals surface area (Å²) in [7, 11) is -1.41. The zero-order valence-corrected chi connectivity index (χ0v) is 12.5. The summed E-state index contributed by atoms with van der Waals surface area (Å²) >= 11 is 0. The molecule has 0 saturated carbocycles. The van der Waals surface area contributed by atoms with Crippen molar-refractivity contribution in [3.63, 3.8) is 0 Å². The van der Waals surface area contributed by atoms with Gasteiger partial charge in [0.25, 0.3) is 0 Å². The van der Waals surface area contributed by atoms with Gasteiger partial charge >= 0.3 is 8.38 Å². The molecule has 3 aromatic carbocycles. The summed E-state index contributed by atoms with van der Waals surface area (Å²) in [5.74, 6) is 0.594. The molecule has 0 fully saturated rings. The first-order valence-corrected chi connectivity index (χ1v) is 8.10. The summed E-state index contributed by atoms with van der Waals surface area (Å²) in [5.41, 5.74) is 2.11. The molecule has 1 unspecified atom stereocenters. The van der Waals surface area contributed by atoms with E-state index in [9.17, 15) is 4.39 Å². The first-order chi connectivity index (χ1) is 10.8. The van der Waals surface area contributed by atoms with E-state index in [0.29, 0.717) is 0 Å². The molecule has 1 aliphatic heterocycles. The molecule has 0 aromatic heterocycles. The van der Waals surface area contributed by atoms with Gasteiger partial charge in [-0.15, -0.1) is 0 Å². The zero-order valence-electron chi connectivity index (χ0n) is 11.6. The Morgan fingerprint density at radius 2 is 1.45 bits per heavy atom. The fourth-order valence-corrected chi connectivity index (χ4v) is 3.94. The smallest absolute Gasteiger partial charge is 0.326 e. The van der Waals surface area contributed by atoms with Crippen LogP contribution in [0.4, 0.5) is 4.39 Å². The maximum Gasteiger partial charge on any atom is 0.326 e. The van der Waals surface area contributed by atoms with Gasteiger partial charge in [0.15, 0.2) is 11.6 Å². The molecule has 4 rings (SSSR count). The fourth-order valence-electron chi connectivity index (χ4n) is 2.44. The van der Waals surface area contributed by atoms with Crippen molar-refractivity contribution in [2.24, 2.45) is 0 Å². The lowest BCUT2D eigenvalue weighted by Crippen LogP contribution is -2.17. The van der Waals surface area contributed by atoms with Crippen molar-refractivity contribution >= 4 is 13.7 Å². The minimum atomic E-state index is -1.41. The van der Waals surface area contributed by atoms with Crippen LogP contribution in [0.15, 0.2) is 72.8 Å². The Labute approximate surface area is 129 Å². The third-order valence-corrected chi connectivity index (χ3v) is 4.99. The maximum absolute atomic E-state index is 13.8. The minimum absolute atomic E-state index is 0.211. The van der Waals surface area contributed by atoms with Crippen molar-refractivity contribution in [2.75, 3.05) is 0 Å². The minimum Gasteiger partial charge on any atom is -0.435 e. The molecular weight excluding hydrogens is 298 g/mol. The highest BCUT2D eigenvalue weighted by Gasteiger charge is 2.29. The molecule has 0 bridgehead atoms. The summed E-state index contributed by atoms with van der Waals surface area (Å²) < 4.78 is 25.7. The highest BCUT2D eigenvalue weighted by Crippen LogP contribution is 2.49. The van der Waals surface area contributed by atoms with Crippen LogP contribution in [0.1, 0.15) is 0 Å². The molecule has 2 nitrogen and oxygen atoms in total. The summed E-state index contributed by atoms with van der Waals surface area (Å²) in [6.07, 6.45) is 0. The molecular formula is C18H12FO2P. The van der Waals surface area contributed by atoms with Gasteiger partial charge in [-0.25, -0.2) is 4.39 Å². The average molecular weight is 310 g/mol. The summed E-state index contributed by atoms with van der Waals surface area (Å²) in [5, 5.41) is 0.958. The van der Waals surface area contributed by atoms with Crippen LogP contribution in [-0.4, -0.2) is 0 Å². The second-order valence-corrected chi connectivity index (χ2v) is 6.24. The van der Waals surface area contributed by atoms with Crippen LogP contribution in [0.2, 0.25) is 0 Å². The molecule has 0 N–H and O–H groups in total. The van der Waals surface area contributed by atoms with Crippen LogP contribution >= 0.6 is 8.38 Å². The third-order valence-electron chi connectivity index (χ3n) is 3.48. The number of hydrogen-bond acceptors (Lipinski definition) is 2. The fraction of sp³-hybridized carbons (Fsp3) is 0. The molecule has 1 aliphatic rings. The molecule has 0 spiro atoms. The van der Waals surface area contributed by atoms with E-state index in [4.69, 9.17) is 9.05 Å². The zero-order chi connectivity index (χ0) is 14.9. The molecule has 108 valence electrons. The number of fused-ring (bicyclic) bond motifs is 3. The van der Waals surface area contributed by atoms with Crippen molar-refractivity contribution in [2.45, 2.75) is 0 Å². The van der Waals surface area contributed by atoms with E-state index in [2.05, 4.69) is 0 Å². The third kappa shape index (κ3) is 2.24. The van der Waals surface area contributed by atoms with Crippen LogP contribution < -0.4 is 14.4 Å². The first kappa shape index (κ1) is 13.3. The van der Waals surface area contributed by atoms with Crippen LogP contribution in [0.25, 0.3) is 11.1 Å². The van der Waals surface area contributed by atoms with Gasteiger partial charge in [0, 0.05) is 5.56 Å². The normalized spacial score (nSPS) is 15.4. The van der Waals surface area contributed by atoms with Crippen LogP contribution in [0.3, 0.4) is 0 Å². The Morgan fingerprint density at radius 3 is 2.32 bits per heavy atom. The number of para-hydroxylation sites is 2. The van der Waals surface area contributed by atoms with Gasteiger partial charge in [0.1, 0.15) is 5.75 Å².